The first-order valence-corrected chi connectivity index (χ1v) is 11.1. The molecule has 1 amide bonds. The standard InChI is InChI=1S/C24H23N3O4S/c1-2-14-31-18-8-6-17(7-9-18)22(28)20-21(19-5-3-15-32-19)27(24(30)23(20)29)12-4-11-26-13-10-25-16-26/h2-3,5-10,13,15-16,21,28H,1,4,11-12,14H2/b22-20+. The summed E-state index contributed by atoms with van der Waals surface area (Å²) in [5.41, 5.74) is 0.564. The molecule has 0 saturated carbocycles. The molecule has 1 unspecified atom stereocenters. The Bertz CT molecular complexity index is 1120. The van der Waals surface area contributed by atoms with Gasteiger partial charge < -0.3 is 19.3 Å². The molecule has 32 heavy (non-hydrogen) atoms. The van der Waals surface area contributed by atoms with Gasteiger partial charge in [-0.25, -0.2) is 4.98 Å². The summed E-state index contributed by atoms with van der Waals surface area (Å²) >= 11 is 1.45. The van der Waals surface area contributed by atoms with E-state index in [0.29, 0.717) is 37.4 Å². The maximum atomic E-state index is 13.0. The number of aromatic nitrogens is 2. The fraction of sp³-hybridized carbons (Fsp3) is 0.208. The number of nitrogens with zero attached hydrogens (tertiary/aromatic N) is 3. The molecule has 164 valence electrons. The van der Waals surface area contributed by atoms with Gasteiger partial charge in [-0.3, -0.25) is 9.59 Å². The highest BCUT2D eigenvalue weighted by Gasteiger charge is 2.46. The van der Waals surface area contributed by atoms with Gasteiger partial charge in [0.25, 0.3) is 11.7 Å². The summed E-state index contributed by atoms with van der Waals surface area (Å²) in [7, 11) is 0. The second kappa shape index (κ2) is 9.65. The first kappa shape index (κ1) is 21.6. The molecule has 3 aromatic rings. The van der Waals surface area contributed by atoms with Crippen molar-refractivity contribution in [1.82, 2.24) is 14.5 Å². The van der Waals surface area contributed by atoms with Crippen LogP contribution < -0.4 is 4.74 Å². The van der Waals surface area contributed by atoms with Crippen LogP contribution in [0.2, 0.25) is 0 Å². The Morgan fingerprint density at radius 3 is 2.69 bits per heavy atom. The van der Waals surface area contributed by atoms with Gasteiger partial charge in [0.15, 0.2) is 0 Å². The second-order valence-electron chi connectivity index (χ2n) is 7.29. The number of hydrogen-bond donors (Lipinski definition) is 1. The molecule has 1 N–H and O–H groups in total. The highest BCUT2D eigenvalue weighted by atomic mass is 32.1. The molecule has 3 heterocycles. The van der Waals surface area contributed by atoms with Crippen molar-refractivity contribution < 1.29 is 19.4 Å². The third kappa shape index (κ3) is 4.36. The van der Waals surface area contributed by atoms with E-state index >= 15 is 0 Å². The average molecular weight is 450 g/mol. The van der Waals surface area contributed by atoms with Crippen LogP contribution in [0, 0.1) is 0 Å². The molecule has 0 radical (unpaired) electrons. The second-order valence-corrected chi connectivity index (χ2v) is 8.27. The van der Waals surface area contributed by atoms with Gasteiger partial charge >= 0.3 is 0 Å². The Kier molecular flexibility index (Phi) is 6.51. The zero-order valence-corrected chi connectivity index (χ0v) is 18.2. The average Bonchev–Trinajstić information content (AvgIpc) is 3.56. The minimum absolute atomic E-state index is 0.111. The van der Waals surface area contributed by atoms with E-state index in [1.54, 1.807) is 47.8 Å². The van der Waals surface area contributed by atoms with E-state index < -0.39 is 17.7 Å². The monoisotopic (exact) mass is 449 g/mol. The summed E-state index contributed by atoms with van der Waals surface area (Å²) < 4.78 is 7.40. The van der Waals surface area contributed by atoms with Gasteiger partial charge in [0.2, 0.25) is 0 Å². The quantitative estimate of drug-likeness (QED) is 0.231. The lowest BCUT2D eigenvalue weighted by Crippen LogP contribution is -2.31. The smallest absolute Gasteiger partial charge is 0.295 e. The molecule has 1 aliphatic heterocycles. The third-order valence-corrected chi connectivity index (χ3v) is 6.15. The fourth-order valence-electron chi connectivity index (χ4n) is 3.72. The van der Waals surface area contributed by atoms with Crippen LogP contribution >= 0.6 is 11.3 Å². The van der Waals surface area contributed by atoms with Crippen LogP contribution in [0.3, 0.4) is 0 Å². The van der Waals surface area contributed by atoms with Gasteiger partial charge in [0.05, 0.1) is 17.9 Å². The van der Waals surface area contributed by atoms with Crippen LogP contribution in [0.5, 0.6) is 5.75 Å². The number of benzene rings is 1. The number of rotatable bonds is 9. The number of amides is 1. The predicted octanol–water partition coefficient (Wildman–Crippen LogP) is 4.02. The van der Waals surface area contributed by atoms with Crippen molar-refractivity contribution in [1.29, 1.82) is 0 Å². The minimum Gasteiger partial charge on any atom is -0.507 e. The lowest BCUT2D eigenvalue weighted by atomic mass is 10.00. The summed E-state index contributed by atoms with van der Waals surface area (Å²) in [5.74, 6) is -0.831. The van der Waals surface area contributed by atoms with E-state index in [2.05, 4.69) is 11.6 Å². The van der Waals surface area contributed by atoms with Gasteiger partial charge in [-0.1, -0.05) is 18.7 Å². The number of Topliss-reactive ketones (excluding diaryl/α,β-unsaturated/α-hetero) is 1. The summed E-state index contributed by atoms with van der Waals surface area (Å²) in [6.45, 7) is 5.04. The summed E-state index contributed by atoms with van der Waals surface area (Å²) in [5, 5.41) is 12.9. The zero-order chi connectivity index (χ0) is 22.5. The number of hydrogen-bond acceptors (Lipinski definition) is 6. The Morgan fingerprint density at radius 1 is 1.22 bits per heavy atom. The van der Waals surface area contributed by atoms with Gasteiger partial charge in [-0.2, -0.15) is 0 Å². The fourth-order valence-corrected chi connectivity index (χ4v) is 4.56. The molecular formula is C24H23N3O4S. The molecule has 1 atom stereocenters. The van der Waals surface area contributed by atoms with Crippen LogP contribution in [0.1, 0.15) is 22.9 Å². The van der Waals surface area contributed by atoms with E-state index in [-0.39, 0.29) is 11.3 Å². The van der Waals surface area contributed by atoms with Gasteiger partial charge in [0, 0.05) is 35.9 Å². The number of carbonyl (C=O) groups is 2. The molecule has 1 aliphatic rings. The summed E-state index contributed by atoms with van der Waals surface area (Å²) in [6.07, 6.45) is 7.57. The third-order valence-electron chi connectivity index (χ3n) is 5.22. The molecule has 0 bridgehead atoms. The number of aryl methyl sites for hydroxylation is 1. The number of aliphatic hydroxyl groups excluding tert-OH is 1. The SMILES string of the molecule is C=CCOc1ccc(/C(O)=C2\C(=O)C(=O)N(CCCn3ccnc3)C2c2cccs2)cc1. The molecular weight excluding hydrogens is 426 g/mol. The lowest BCUT2D eigenvalue weighted by Gasteiger charge is -2.24. The van der Waals surface area contributed by atoms with Crippen LogP contribution in [0.15, 0.2) is 78.7 Å². The highest BCUT2D eigenvalue weighted by molar-refractivity contribution is 7.10. The molecule has 7 nitrogen and oxygen atoms in total. The van der Waals surface area contributed by atoms with Crippen LogP contribution in [0.25, 0.3) is 5.76 Å². The molecule has 1 aromatic carbocycles. The highest BCUT2D eigenvalue weighted by Crippen LogP contribution is 2.41. The Balaban J connectivity index is 1.64. The maximum Gasteiger partial charge on any atom is 0.295 e. The van der Waals surface area contributed by atoms with Crippen molar-refractivity contribution in [3.63, 3.8) is 0 Å². The van der Waals surface area contributed by atoms with Crippen LogP contribution in [-0.2, 0) is 16.1 Å². The molecule has 1 fully saturated rings. The first-order valence-electron chi connectivity index (χ1n) is 10.2. The van der Waals surface area contributed by atoms with Crippen molar-refractivity contribution in [3.8, 4) is 5.75 Å². The van der Waals surface area contributed by atoms with Crippen LogP contribution in [0.4, 0.5) is 0 Å². The predicted molar refractivity (Wildman–Crippen MR) is 122 cm³/mol. The first-order chi connectivity index (χ1) is 15.6. The number of imidazole rings is 1. The number of aliphatic hydroxyl groups is 1. The van der Waals surface area contributed by atoms with Gasteiger partial charge in [0.1, 0.15) is 18.1 Å². The Hall–Kier alpha value is -3.65. The maximum absolute atomic E-state index is 13.0. The van der Waals surface area contributed by atoms with Crippen molar-refractivity contribution in [3.05, 3.63) is 89.2 Å². The summed E-state index contributed by atoms with van der Waals surface area (Å²) in [6, 6.07) is 9.90. The normalized spacial score (nSPS) is 17.6. The number of likely N-dealkylation sites (tertiary alicyclic amines) is 1. The summed E-state index contributed by atoms with van der Waals surface area (Å²) in [4.78, 5) is 32.3. The van der Waals surface area contributed by atoms with Gasteiger partial charge in [-0.15, -0.1) is 11.3 Å². The zero-order valence-electron chi connectivity index (χ0n) is 17.4. The number of ether oxygens (including phenoxy) is 1. The van der Waals surface area contributed by atoms with E-state index in [1.165, 1.54) is 11.3 Å². The molecule has 8 heteroatoms. The van der Waals surface area contributed by atoms with Crippen molar-refractivity contribution >= 4 is 28.8 Å². The molecule has 0 aliphatic carbocycles. The van der Waals surface area contributed by atoms with Crippen LogP contribution in [-0.4, -0.2) is 44.4 Å². The largest absolute Gasteiger partial charge is 0.507 e. The molecule has 0 spiro atoms. The Labute approximate surface area is 189 Å². The van der Waals surface area contributed by atoms with Gasteiger partial charge in [-0.05, 0) is 42.1 Å². The van der Waals surface area contributed by atoms with E-state index in [0.717, 1.165) is 4.88 Å². The van der Waals surface area contributed by atoms with Crippen molar-refractivity contribution in [2.45, 2.75) is 19.0 Å². The minimum atomic E-state index is -0.671. The van der Waals surface area contributed by atoms with E-state index in [9.17, 15) is 14.7 Å². The van der Waals surface area contributed by atoms with E-state index in [1.807, 2.05) is 28.3 Å². The number of thiophene rings is 1. The Morgan fingerprint density at radius 2 is 2.03 bits per heavy atom. The van der Waals surface area contributed by atoms with E-state index in [4.69, 9.17) is 4.74 Å². The van der Waals surface area contributed by atoms with Crippen molar-refractivity contribution in [2.24, 2.45) is 0 Å². The van der Waals surface area contributed by atoms with Crippen molar-refractivity contribution in [2.75, 3.05) is 13.2 Å². The number of carbonyl (C=O) groups excluding carboxylic acids is 2. The topological polar surface area (TPSA) is 84.7 Å². The number of ketones is 1. The lowest BCUT2D eigenvalue weighted by molar-refractivity contribution is -0.139. The molecule has 2 aromatic heterocycles. The molecule has 1 saturated heterocycles. The molecule has 4 rings (SSSR count).